The fourth-order valence-corrected chi connectivity index (χ4v) is 1.76. The first kappa shape index (κ1) is 15.7. The number of anilines is 1. The molecule has 1 amide bonds. The molecule has 0 bridgehead atoms. The number of carbonyl (C=O) groups excluding carboxylic acids is 1. The van der Waals surface area contributed by atoms with Gasteiger partial charge in [-0.15, -0.1) is 0 Å². The summed E-state index contributed by atoms with van der Waals surface area (Å²) >= 11 is 2.96. The van der Waals surface area contributed by atoms with Crippen LogP contribution in [0.1, 0.15) is 24.8 Å². The van der Waals surface area contributed by atoms with Gasteiger partial charge in [-0.3, -0.25) is 4.79 Å². The minimum atomic E-state index is -4.47. The quantitative estimate of drug-likeness (QED) is 0.783. The number of halogens is 4. The fraction of sp³-hybridized carbons (Fsp3) is 0.455. The lowest BCUT2D eigenvalue weighted by molar-refractivity contribution is -0.137. The first-order valence-electron chi connectivity index (χ1n) is 5.55. The number of nitrogens with two attached hydrogens (primary N) is 1. The largest absolute Gasteiger partial charge is 0.419 e. The molecule has 19 heavy (non-hydrogen) atoms. The normalized spacial score (nSPS) is 11.4. The molecule has 0 fully saturated rings. The van der Waals surface area contributed by atoms with Gasteiger partial charge in [-0.2, -0.15) is 13.2 Å². The molecule has 4 nitrogen and oxygen atoms in total. The molecule has 0 aromatic carbocycles. The third-order valence-corrected chi connectivity index (χ3v) is 2.74. The molecule has 8 heteroatoms. The molecule has 1 aromatic rings. The van der Waals surface area contributed by atoms with Crippen molar-refractivity contribution in [2.45, 2.75) is 25.4 Å². The molecular formula is C11H13BrF3N3O. The summed E-state index contributed by atoms with van der Waals surface area (Å²) in [5.41, 5.74) is 4.14. The molecule has 3 N–H and O–H groups in total. The molecular weight excluding hydrogens is 327 g/mol. The zero-order valence-corrected chi connectivity index (χ0v) is 11.5. The van der Waals surface area contributed by atoms with E-state index in [2.05, 4.69) is 26.2 Å². The van der Waals surface area contributed by atoms with Crippen molar-refractivity contribution in [2.24, 2.45) is 5.73 Å². The van der Waals surface area contributed by atoms with Crippen molar-refractivity contribution in [3.05, 3.63) is 22.3 Å². The Hall–Kier alpha value is -1.31. The van der Waals surface area contributed by atoms with E-state index >= 15 is 0 Å². The van der Waals surface area contributed by atoms with Crippen LogP contribution in [0.5, 0.6) is 0 Å². The van der Waals surface area contributed by atoms with E-state index in [9.17, 15) is 18.0 Å². The van der Waals surface area contributed by atoms with Crippen molar-refractivity contribution in [3.63, 3.8) is 0 Å². The molecule has 0 spiro atoms. The van der Waals surface area contributed by atoms with Crippen molar-refractivity contribution in [1.82, 2.24) is 4.98 Å². The van der Waals surface area contributed by atoms with Gasteiger partial charge in [-0.05, 0) is 34.8 Å². The van der Waals surface area contributed by atoms with E-state index in [0.29, 0.717) is 19.4 Å². The van der Waals surface area contributed by atoms with Gasteiger partial charge in [0.1, 0.15) is 5.82 Å². The Bertz CT molecular complexity index is 451. The molecule has 0 aliphatic carbocycles. The average Bonchev–Trinajstić information content (AvgIpc) is 2.28. The van der Waals surface area contributed by atoms with Crippen molar-refractivity contribution in [3.8, 4) is 0 Å². The van der Waals surface area contributed by atoms with Gasteiger partial charge in [-0.25, -0.2) is 4.98 Å². The Morgan fingerprint density at radius 1 is 1.42 bits per heavy atom. The number of amides is 1. The number of alkyl halides is 3. The van der Waals surface area contributed by atoms with Crippen LogP contribution in [0.2, 0.25) is 0 Å². The molecule has 0 aliphatic heterocycles. The molecule has 0 unspecified atom stereocenters. The van der Waals surface area contributed by atoms with Crippen LogP contribution in [0.25, 0.3) is 0 Å². The van der Waals surface area contributed by atoms with E-state index in [0.717, 1.165) is 6.07 Å². The second-order valence-electron chi connectivity index (χ2n) is 3.90. The van der Waals surface area contributed by atoms with Gasteiger partial charge < -0.3 is 11.1 Å². The number of carbonyl (C=O) groups is 1. The number of primary amides is 1. The molecule has 0 saturated carbocycles. The van der Waals surface area contributed by atoms with Gasteiger partial charge in [-0.1, -0.05) is 0 Å². The summed E-state index contributed by atoms with van der Waals surface area (Å²) < 4.78 is 38.5. The number of pyridine rings is 1. The summed E-state index contributed by atoms with van der Waals surface area (Å²) in [7, 11) is 0. The average molecular weight is 340 g/mol. The predicted octanol–water partition coefficient (Wildman–Crippen LogP) is 2.93. The molecule has 0 saturated heterocycles. The van der Waals surface area contributed by atoms with E-state index in [1.54, 1.807) is 0 Å². The van der Waals surface area contributed by atoms with E-state index in [4.69, 9.17) is 5.73 Å². The number of aromatic nitrogens is 1. The van der Waals surface area contributed by atoms with Crippen LogP contribution in [-0.2, 0) is 11.0 Å². The maximum atomic E-state index is 12.7. The Labute approximate surface area is 116 Å². The molecule has 106 valence electrons. The highest BCUT2D eigenvalue weighted by atomic mass is 79.9. The second kappa shape index (κ2) is 6.74. The van der Waals surface area contributed by atoms with Crippen LogP contribution >= 0.6 is 15.9 Å². The van der Waals surface area contributed by atoms with E-state index in [-0.39, 0.29) is 16.7 Å². The van der Waals surface area contributed by atoms with E-state index < -0.39 is 17.6 Å². The zero-order chi connectivity index (χ0) is 14.5. The third-order valence-electron chi connectivity index (χ3n) is 2.30. The van der Waals surface area contributed by atoms with Crippen LogP contribution in [-0.4, -0.2) is 17.4 Å². The number of hydrogen-bond acceptors (Lipinski definition) is 3. The number of nitrogens with one attached hydrogen (secondary N) is 1. The van der Waals surface area contributed by atoms with Gasteiger partial charge in [0.05, 0.1) is 5.56 Å². The summed E-state index contributed by atoms with van der Waals surface area (Å²) in [6, 6.07) is 0.971. The second-order valence-corrected chi connectivity index (χ2v) is 4.81. The first-order valence-corrected chi connectivity index (χ1v) is 6.35. The molecule has 0 atom stereocenters. The number of unbranched alkanes of at least 4 members (excludes halogenated alkanes) is 1. The molecule has 0 radical (unpaired) electrons. The first-order chi connectivity index (χ1) is 8.80. The summed E-state index contributed by atoms with van der Waals surface area (Å²) in [5, 5.41) is 2.62. The Kier molecular flexibility index (Phi) is 5.59. The smallest absolute Gasteiger partial charge is 0.370 e. The molecule has 1 heterocycles. The number of rotatable bonds is 6. The standard InChI is InChI=1S/C11H13BrF3N3O/c12-7-5-8(11(13,14)15)10(18-6-7)17-4-2-1-3-9(16)19/h5-6H,1-4H2,(H2,16,19)(H,17,18). The van der Waals surface area contributed by atoms with Gasteiger partial charge in [0.25, 0.3) is 0 Å². The lowest BCUT2D eigenvalue weighted by atomic mass is 10.2. The number of hydrogen-bond donors (Lipinski definition) is 2. The van der Waals surface area contributed by atoms with Crippen LogP contribution in [0.4, 0.5) is 19.0 Å². The molecule has 1 rings (SSSR count). The van der Waals surface area contributed by atoms with Crippen LogP contribution in [0, 0.1) is 0 Å². The summed E-state index contributed by atoms with van der Waals surface area (Å²) in [6.07, 6.45) is -1.88. The van der Waals surface area contributed by atoms with Gasteiger partial charge in [0, 0.05) is 23.6 Å². The van der Waals surface area contributed by atoms with Gasteiger partial charge >= 0.3 is 6.18 Å². The van der Waals surface area contributed by atoms with Crippen LogP contribution < -0.4 is 11.1 Å². The maximum absolute atomic E-state index is 12.7. The van der Waals surface area contributed by atoms with Gasteiger partial charge in [0.2, 0.25) is 5.91 Å². The third kappa shape index (κ3) is 5.46. The lowest BCUT2D eigenvalue weighted by Crippen LogP contribution is -2.14. The van der Waals surface area contributed by atoms with Crippen molar-refractivity contribution in [2.75, 3.05) is 11.9 Å². The highest BCUT2D eigenvalue weighted by Crippen LogP contribution is 2.35. The van der Waals surface area contributed by atoms with Crippen molar-refractivity contribution < 1.29 is 18.0 Å². The zero-order valence-electron chi connectivity index (χ0n) is 9.93. The Morgan fingerprint density at radius 2 is 2.11 bits per heavy atom. The lowest BCUT2D eigenvalue weighted by Gasteiger charge is -2.13. The SMILES string of the molecule is NC(=O)CCCCNc1ncc(Br)cc1C(F)(F)F. The van der Waals surface area contributed by atoms with Crippen molar-refractivity contribution in [1.29, 1.82) is 0 Å². The highest BCUT2D eigenvalue weighted by molar-refractivity contribution is 9.10. The van der Waals surface area contributed by atoms with Crippen LogP contribution in [0.15, 0.2) is 16.7 Å². The van der Waals surface area contributed by atoms with Crippen molar-refractivity contribution >= 4 is 27.7 Å². The predicted molar refractivity (Wildman–Crippen MR) is 68.5 cm³/mol. The Morgan fingerprint density at radius 3 is 2.68 bits per heavy atom. The summed E-state index contributed by atoms with van der Waals surface area (Å²) in [5.74, 6) is -0.632. The minimum absolute atomic E-state index is 0.213. The maximum Gasteiger partial charge on any atom is 0.419 e. The van der Waals surface area contributed by atoms with E-state index in [1.165, 1.54) is 6.20 Å². The molecule has 0 aliphatic rings. The summed E-state index contributed by atoms with van der Waals surface area (Å²) in [6.45, 7) is 0.297. The minimum Gasteiger partial charge on any atom is -0.370 e. The number of nitrogens with zero attached hydrogens (tertiary/aromatic N) is 1. The molecule has 1 aromatic heterocycles. The Balaban J connectivity index is 2.61. The monoisotopic (exact) mass is 339 g/mol. The van der Waals surface area contributed by atoms with Gasteiger partial charge in [0.15, 0.2) is 0 Å². The topological polar surface area (TPSA) is 68.0 Å². The fourth-order valence-electron chi connectivity index (χ4n) is 1.43. The van der Waals surface area contributed by atoms with Crippen LogP contribution in [0.3, 0.4) is 0 Å². The summed E-state index contributed by atoms with van der Waals surface area (Å²) in [4.78, 5) is 14.2. The van der Waals surface area contributed by atoms with E-state index in [1.807, 2.05) is 0 Å². The highest BCUT2D eigenvalue weighted by Gasteiger charge is 2.34.